The van der Waals surface area contributed by atoms with E-state index >= 15 is 0 Å². The van der Waals surface area contributed by atoms with E-state index in [4.69, 9.17) is 5.73 Å². The monoisotopic (exact) mass is 298 g/mol. The van der Waals surface area contributed by atoms with E-state index in [1.54, 1.807) is 18.2 Å². The molecule has 0 unspecified atom stereocenters. The number of hydrogen-bond donors (Lipinski definition) is 2. The summed E-state index contributed by atoms with van der Waals surface area (Å²) in [6.45, 7) is 0. The molecule has 3 aromatic rings. The molecule has 0 saturated carbocycles. The third kappa shape index (κ3) is 2.25. The summed E-state index contributed by atoms with van der Waals surface area (Å²) in [4.78, 5) is 26.7. The summed E-state index contributed by atoms with van der Waals surface area (Å²) in [7, 11) is 0. The highest BCUT2D eigenvalue weighted by Crippen LogP contribution is 2.35. The lowest BCUT2D eigenvalue weighted by molar-refractivity contribution is 0.0693. The molecule has 0 saturated heterocycles. The van der Waals surface area contributed by atoms with E-state index in [1.165, 1.54) is 6.20 Å². The Morgan fingerprint density at radius 1 is 1.33 bits per heavy atom. The van der Waals surface area contributed by atoms with Crippen molar-refractivity contribution >= 4 is 39.4 Å². The predicted octanol–water partition coefficient (Wildman–Crippen LogP) is 3.06. The van der Waals surface area contributed by atoms with Crippen LogP contribution in [-0.4, -0.2) is 22.3 Å². The Morgan fingerprint density at radius 3 is 2.81 bits per heavy atom. The van der Waals surface area contributed by atoms with Crippen molar-refractivity contribution in [3.63, 3.8) is 0 Å². The van der Waals surface area contributed by atoms with Gasteiger partial charge in [0.2, 0.25) is 0 Å². The molecule has 0 bridgehead atoms. The first kappa shape index (κ1) is 13.3. The van der Waals surface area contributed by atoms with Gasteiger partial charge < -0.3 is 10.8 Å². The molecule has 1 aromatic carbocycles. The highest BCUT2D eigenvalue weighted by atomic mass is 32.1. The molecule has 0 amide bonds. The van der Waals surface area contributed by atoms with Gasteiger partial charge in [-0.15, -0.1) is 11.3 Å². The van der Waals surface area contributed by atoms with Crippen LogP contribution in [0, 0.1) is 0 Å². The highest BCUT2D eigenvalue weighted by Gasteiger charge is 2.17. The minimum atomic E-state index is -1.11. The maximum Gasteiger partial charge on any atom is 0.355 e. The number of nitrogens with two attached hydrogens (primary N) is 1. The van der Waals surface area contributed by atoms with Gasteiger partial charge in [0.05, 0.1) is 9.58 Å². The van der Waals surface area contributed by atoms with Crippen LogP contribution < -0.4 is 5.73 Å². The van der Waals surface area contributed by atoms with Gasteiger partial charge >= 0.3 is 5.97 Å². The molecule has 0 atom stereocenters. The quantitative estimate of drug-likeness (QED) is 0.572. The number of aromatic nitrogens is 1. The summed E-state index contributed by atoms with van der Waals surface area (Å²) < 4.78 is 0.490. The van der Waals surface area contributed by atoms with Crippen LogP contribution in [0.2, 0.25) is 0 Å². The molecule has 21 heavy (non-hydrogen) atoms. The Bertz CT molecular complexity index is 870. The maximum atomic E-state index is 11.3. The molecule has 3 rings (SSSR count). The van der Waals surface area contributed by atoms with Crippen LogP contribution >= 0.6 is 11.3 Å². The molecule has 0 aliphatic rings. The number of benzene rings is 1. The van der Waals surface area contributed by atoms with E-state index in [0.717, 1.165) is 22.5 Å². The molecule has 0 aliphatic carbocycles. The minimum Gasteiger partial charge on any atom is -0.476 e. The average Bonchev–Trinajstić information content (AvgIpc) is 2.89. The van der Waals surface area contributed by atoms with Gasteiger partial charge in [-0.2, -0.15) is 0 Å². The van der Waals surface area contributed by atoms with Crippen LogP contribution in [0.3, 0.4) is 0 Å². The van der Waals surface area contributed by atoms with Crippen LogP contribution in [0.1, 0.15) is 20.2 Å². The summed E-state index contributed by atoms with van der Waals surface area (Å²) in [5, 5.41) is 9.90. The van der Waals surface area contributed by atoms with Crippen LogP contribution in [0.15, 0.2) is 36.5 Å². The third-order valence-corrected chi connectivity index (χ3v) is 4.16. The summed E-state index contributed by atoms with van der Waals surface area (Å²) in [6, 6.07) is 8.92. The second-order valence-corrected chi connectivity index (χ2v) is 5.54. The molecule has 3 N–H and O–H groups in total. The van der Waals surface area contributed by atoms with Gasteiger partial charge in [-0.25, -0.2) is 9.78 Å². The number of carbonyl (C=O) groups is 2. The number of rotatable bonds is 3. The average molecular weight is 298 g/mol. The molecular weight excluding hydrogens is 288 g/mol. The number of nitrogens with zero attached hydrogens (tertiary/aromatic N) is 1. The molecule has 0 aliphatic heterocycles. The third-order valence-electron chi connectivity index (χ3n) is 3.10. The van der Waals surface area contributed by atoms with Crippen LogP contribution in [0.4, 0.5) is 5.69 Å². The molecule has 2 aromatic heterocycles. The Kier molecular flexibility index (Phi) is 3.15. The first-order valence-corrected chi connectivity index (χ1v) is 6.88. The molecule has 5 nitrogen and oxygen atoms in total. The van der Waals surface area contributed by atoms with Crippen molar-refractivity contribution in [1.29, 1.82) is 0 Å². The van der Waals surface area contributed by atoms with Crippen LogP contribution in [-0.2, 0) is 0 Å². The Hall–Kier alpha value is -2.73. The van der Waals surface area contributed by atoms with Gasteiger partial charge in [0.25, 0.3) is 0 Å². The summed E-state index contributed by atoms with van der Waals surface area (Å²) in [6.07, 6.45) is 2.21. The van der Waals surface area contributed by atoms with Crippen LogP contribution in [0.25, 0.3) is 21.2 Å². The van der Waals surface area contributed by atoms with E-state index in [-0.39, 0.29) is 5.69 Å². The van der Waals surface area contributed by atoms with Gasteiger partial charge in [0.15, 0.2) is 12.0 Å². The van der Waals surface area contributed by atoms with Gasteiger partial charge in [0, 0.05) is 22.8 Å². The molecule has 104 valence electrons. The van der Waals surface area contributed by atoms with Gasteiger partial charge in [-0.3, -0.25) is 4.79 Å². The standard InChI is InChI=1S/C15H10N2O3S/c16-9-3-1-2-8(4-9)12-6-17-13(15(19)20)14-11(12)5-10(7-18)21-14/h1-7H,16H2,(H,19,20). The fourth-order valence-electron chi connectivity index (χ4n) is 2.19. The number of hydrogen-bond acceptors (Lipinski definition) is 5. The van der Waals surface area contributed by atoms with E-state index in [0.29, 0.717) is 26.9 Å². The zero-order valence-electron chi connectivity index (χ0n) is 10.7. The summed E-state index contributed by atoms with van der Waals surface area (Å²) >= 11 is 1.12. The summed E-state index contributed by atoms with van der Waals surface area (Å²) in [5.74, 6) is -1.11. The Morgan fingerprint density at radius 2 is 2.14 bits per heavy atom. The number of aromatic carboxylic acids is 1. The fourth-order valence-corrected chi connectivity index (χ4v) is 3.17. The minimum absolute atomic E-state index is 0.0456. The first-order chi connectivity index (χ1) is 10.1. The van der Waals surface area contributed by atoms with Crippen molar-refractivity contribution in [1.82, 2.24) is 4.98 Å². The number of anilines is 1. The predicted molar refractivity (Wildman–Crippen MR) is 81.8 cm³/mol. The van der Waals surface area contributed by atoms with Gasteiger partial charge in [0.1, 0.15) is 0 Å². The maximum absolute atomic E-state index is 11.3. The lowest BCUT2D eigenvalue weighted by atomic mass is 10.0. The lowest BCUT2D eigenvalue weighted by Gasteiger charge is -2.06. The van der Waals surface area contributed by atoms with Crippen molar-refractivity contribution in [2.75, 3.05) is 5.73 Å². The number of nitrogen functional groups attached to an aromatic ring is 1. The molecule has 6 heteroatoms. The van der Waals surface area contributed by atoms with E-state index in [9.17, 15) is 14.7 Å². The van der Waals surface area contributed by atoms with E-state index < -0.39 is 5.97 Å². The van der Waals surface area contributed by atoms with Crippen molar-refractivity contribution in [3.8, 4) is 11.1 Å². The smallest absolute Gasteiger partial charge is 0.355 e. The van der Waals surface area contributed by atoms with Crippen LogP contribution in [0.5, 0.6) is 0 Å². The number of aldehydes is 1. The SMILES string of the molecule is Nc1cccc(-c2cnc(C(=O)O)c3sc(C=O)cc23)c1. The molecule has 0 radical (unpaired) electrons. The second kappa shape index (κ2) is 4.99. The molecule has 2 heterocycles. The summed E-state index contributed by atoms with van der Waals surface area (Å²) in [5.41, 5.74) is 7.93. The normalized spacial score (nSPS) is 10.7. The van der Waals surface area contributed by atoms with Crippen molar-refractivity contribution in [2.45, 2.75) is 0 Å². The number of carboxylic acids is 1. The number of fused-ring (bicyclic) bond motifs is 1. The first-order valence-electron chi connectivity index (χ1n) is 6.07. The largest absolute Gasteiger partial charge is 0.476 e. The molecule has 0 fully saturated rings. The fraction of sp³-hybridized carbons (Fsp3) is 0. The Labute approximate surface area is 123 Å². The van der Waals surface area contributed by atoms with Gasteiger partial charge in [-0.1, -0.05) is 12.1 Å². The highest BCUT2D eigenvalue weighted by molar-refractivity contribution is 7.21. The van der Waals surface area contributed by atoms with E-state index in [2.05, 4.69) is 4.98 Å². The zero-order chi connectivity index (χ0) is 15.0. The molecular formula is C15H10N2O3S. The zero-order valence-corrected chi connectivity index (χ0v) is 11.6. The van der Waals surface area contributed by atoms with Crippen molar-refractivity contribution in [3.05, 3.63) is 47.1 Å². The number of carbonyl (C=O) groups excluding carboxylic acids is 1. The van der Waals surface area contributed by atoms with Gasteiger partial charge in [-0.05, 0) is 23.8 Å². The molecule has 0 spiro atoms. The number of pyridine rings is 1. The lowest BCUT2D eigenvalue weighted by Crippen LogP contribution is -2.00. The Balaban J connectivity index is 2.34. The van der Waals surface area contributed by atoms with Crippen molar-refractivity contribution in [2.24, 2.45) is 0 Å². The number of thiophene rings is 1. The number of carboxylic acid groups (broad SMARTS) is 1. The van der Waals surface area contributed by atoms with E-state index in [1.807, 2.05) is 12.1 Å². The topological polar surface area (TPSA) is 93.3 Å². The van der Waals surface area contributed by atoms with Crippen molar-refractivity contribution < 1.29 is 14.7 Å². The second-order valence-electron chi connectivity index (χ2n) is 4.46.